The number of nitrogens with one attached hydrogen (secondary N) is 1. The molecule has 104 valence electrons. The summed E-state index contributed by atoms with van der Waals surface area (Å²) in [7, 11) is 0. The SMILES string of the molecule is O=C(NC1CCCCC1)C(Cl)c1ccc(F)cc1F. The Kier molecular flexibility index (Phi) is 4.75. The van der Waals surface area contributed by atoms with Crippen LogP contribution in [0, 0.1) is 11.6 Å². The summed E-state index contributed by atoms with van der Waals surface area (Å²) in [5, 5.41) is 1.70. The highest BCUT2D eigenvalue weighted by atomic mass is 35.5. The molecule has 2 nitrogen and oxygen atoms in total. The standard InChI is InChI=1S/C14H16ClF2NO/c15-13(11-7-6-9(16)8-12(11)17)14(19)18-10-4-2-1-3-5-10/h6-8,10,13H,1-5H2,(H,18,19). The summed E-state index contributed by atoms with van der Waals surface area (Å²) in [5.41, 5.74) is 0.0105. The van der Waals surface area contributed by atoms with Gasteiger partial charge in [-0.25, -0.2) is 8.78 Å². The van der Waals surface area contributed by atoms with Crippen molar-refractivity contribution in [3.05, 3.63) is 35.4 Å². The fourth-order valence-electron chi connectivity index (χ4n) is 2.37. The predicted octanol–water partition coefficient (Wildman–Crippen LogP) is 3.69. The Morgan fingerprint density at radius 3 is 2.58 bits per heavy atom. The van der Waals surface area contributed by atoms with Gasteiger partial charge in [0.2, 0.25) is 5.91 Å². The van der Waals surface area contributed by atoms with Crippen LogP contribution in [0.3, 0.4) is 0 Å². The van der Waals surface area contributed by atoms with Crippen LogP contribution in [0.5, 0.6) is 0 Å². The van der Waals surface area contributed by atoms with Crippen molar-refractivity contribution in [1.82, 2.24) is 5.32 Å². The number of hydrogen-bond acceptors (Lipinski definition) is 1. The molecule has 0 heterocycles. The molecule has 0 spiro atoms. The molecule has 5 heteroatoms. The van der Waals surface area contributed by atoms with Crippen molar-refractivity contribution in [2.24, 2.45) is 0 Å². The summed E-state index contributed by atoms with van der Waals surface area (Å²) in [6, 6.07) is 3.16. The highest BCUT2D eigenvalue weighted by molar-refractivity contribution is 6.30. The summed E-state index contributed by atoms with van der Waals surface area (Å²) in [4.78, 5) is 11.9. The van der Waals surface area contributed by atoms with Gasteiger partial charge in [-0.3, -0.25) is 4.79 Å². The van der Waals surface area contributed by atoms with Gasteiger partial charge in [0.05, 0.1) is 0 Å². The lowest BCUT2D eigenvalue weighted by molar-refractivity contribution is -0.121. The molecule has 1 amide bonds. The molecule has 2 rings (SSSR count). The van der Waals surface area contributed by atoms with Crippen LogP contribution in [0.4, 0.5) is 8.78 Å². The van der Waals surface area contributed by atoms with Crippen molar-refractivity contribution in [3.8, 4) is 0 Å². The smallest absolute Gasteiger partial charge is 0.242 e. The Morgan fingerprint density at radius 1 is 1.26 bits per heavy atom. The molecular weight excluding hydrogens is 272 g/mol. The Hall–Kier alpha value is -1.16. The van der Waals surface area contributed by atoms with E-state index in [-0.39, 0.29) is 11.6 Å². The molecule has 1 aliphatic carbocycles. The Balaban J connectivity index is 2.01. The van der Waals surface area contributed by atoms with Gasteiger partial charge in [0.1, 0.15) is 17.0 Å². The van der Waals surface area contributed by atoms with Crippen LogP contribution in [0.25, 0.3) is 0 Å². The zero-order valence-corrected chi connectivity index (χ0v) is 11.2. The Morgan fingerprint density at radius 2 is 1.95 bits per heavy atom. The van der Waals surface area contributed by atoms with E-state index in [2.05, 4.69) is 5.32 Å². The molecule has 1 N–H and O–H groups in total. The van der Waals surface area contributed by atoms with E-state index >= 15 is 0 Å². The average molecular weight is 288 g/mol. The van der Waals surface area contributed by atoms with Crippen molar-refractivity contribution in [2.75, 3.05) is 0 Å². The second-order valence-electron chi connectivity index (χ2n) is 4.87. The number of halogens is 3. The maximum absolute atomic E-state index is 13.5. The van der Waals surface area contributed by atoms with E-state index in [1.165, 1.54) is 12.5 Å². The molecule has 1 atom stereocenters. The van der Waals surface area contributed by atoms with E-state index in [0.717, 1.165) is 37.8 Å². The maximum atomic E-state index is 13.5. The van der Waals surface area contributed by atoms with Crippen molar-refractivity contribution in [1.29, 1.82) is 0 Å². The minimum Gasteiger partial charge on any atom is -0.352 e. The first-order chi connectivity index (χ1) is 9.08. The monoisotopic (exact) mass is 287 g/mol. The fourth-order valence-corrected chi connectivity index (χ4v) is 2.61. The molecule has 0 saturated heterocycles. The van der Waals surface area contributed by atoms with Gasteiger partial charge in [0, 0.05) is 17.7 Å². The van der Waals surface area contributed by atoms with Crippen LogP contribution in [0.2, 0.25) is 0 Å². The molecule has 1 aromatic rings. The van der Waals surface area contributed by atoms with Crippen molar-refractivity contribution < 1.29 is 13.6 Å². The maximum Gasteiger partial charge on any atom is 0.242 e. The van der Waals surface area contributed by atoms with Gasteiger partial charge in [0.25, 0.3) is 0 Å². The Labute approximate surface area is 116 Å². The average Bonchev–Trinajstić information content (AvgIpc) is 2.39. The second-order valence-corrected chi connectivity index (χ2v) is 5.31. The quantitative estimate of drug-likeness (QED) is 0.844. The number of rotatable bonds is 3. The van der Waals surface area contributed by atoms with Crippen LogP contribution in [0.1, 0.15) is 43.0 Å². The first-order valence-corrected chi connectivity index (χ1v) is 6.91. The van der Waals surface area contributed by atoms with Crippen molar-refractivity contribution in [3.63, 3.8) is 0 Å². The molecule has 1 saturated carbocycles. The zero-order chi connectivity index (χ0) is 13.8. The molecule has 0 aromatic heterocycles. The van der Waals surface area contributed by atoms with Crippen LogP contribution in [0.15, 0.2) is 18.2 Å². The van der Waals surface area contributed by atoms with Gasteiger partial charge in [-0.15, -0.1) is 11.6 Å². The summed E-state index contributed by atoms with van der Waals surface area (Å²) in [5.74, 6) is -1.89. The number of carbonyl (C=O) groups is 1. The second kappa shape index (κ2) is 6.33. The normalized spacial score (nSPS) is 18.1. The molecule has 1 aromatic carbocycles. The lowest BCUT2D eigenvalue weighted by Crippen LogP contribution is -2.38. The summed E-state index contributed by atoms with van der Waals surface area (Å²) in [6.07, 6.45) is 5.22. The van der Waals surface area contributed by atoms with Crippen LogP contribution >= 0.6 is 11.6 Å². The van der Waals surface area contributed by atoms with Crippen LogP contribution in [-0.4, -0.2) is 11.9 Å². The number of amides is 1. The van der Waals surface area contributed by atoms with Crippen LogP contribution in [-0.2, 0) is 4.79 Å². The highest BCUT2D eigenvalue weighted by Crippen LogP contribution is 2.25. The predicted molar refractivity (Wildman–Crippen MR) is 70.0 cm³/mol. The number of benzene rings is 1. The summed E-state index contributed by atoms with van der Waals surface area (Å²) < 4.78 is 26.3. The lowest BCUT2D eigenvalue weighted by atomic mass is 9.95. The zero-order valence-electron chi connectivity index (χ0n) is 10.5. The van der Waals surface area contributed by atoms with Gasteiger partial charge in [-0.1, -0.05) is 25.3 Å². The third-order valence-corrected chi connectivity index (χ3v) is 3.85. The van der Waals surface area contributed by atoms with Gasteiger partial charge < -0.3 is 5.32 Å². The van der Waals surface area contributed by atoms with Crippen molar-refractivity contribution in [2.45, 2.75) is 43.5 Å². The van der Waals surface area contributed by atoms with Gasteiger partial charge in [0.15, 0.2) is 0 Å². The highest BCUT2D eigenvalue weighted by Gasteiger charge is 2.24. The molecule has 1 fully saturated rings. The number of alkyl halides is 1. The molecule has 1 unspecified atom stereocenters. The Bertz CT molecular complexity index is 461. The third kappa shape index (κ3) is 3.66. The topological polar surface area (TPSA) is 29.1 Å². The largest absolute Gasteiger partial charge is 0.352 e. The van der Waals surface area contributed by atoms with Gasteiger partial charge >= 0.3 is 0 Å². The van der Waals surface area contributed by atoms with E-state index in [1.807, 2.05) is 0 Å². The van der Waals surface area contributed by atoms with E-state index in [9.17, 15) is 13.6 Å². The summed E-state index contributed by atoms with van der Waals surface area (Å²) in [6.45, 7) is 0. The molecule has 1 aliphatic rings. The summed E-state index contributed by atoms with van der Waals surface area (Å²) >= 11 is 5.96. The third-order valence-electron chi connectivity index (χ3n) is 3.42. The molecule has 0 radical (unpaired) electrons. The minimum atomic E-state index is -1.12. The lowest BCUT2D eigenvalue weighted by Gasteiger charge is -2.24. The first kappa shape index (κ1) is 14.3. The van der Waals surface area contributed by atoms with Gasteiger partial charge in [-0.05, 0) is 18.9 Å². The van der Waals surface area contributed by atoms with E-state index in [4.69, 9.17) is 11.6 Å². The molecule has 0 bridgehead atoms. The van der Waals surface area contributed by atoms with E-state index in [0.29, 0.717) is 0 Å². The molecular formula is C14H16ClF2NO. The first-order valence-electron chi connectivity index (χ1n) is 6.47. The fraction of sp³-hybridized carbons (Fsp3) is 0.500. The van der Waals surface area contributed by atoms with E-state index in [1.54, 1.807) is 0 Å². The van der Waals surface area contributed by atoms with Gasteiger partial charge in [-0.2, -0.15) is 0 Å². The van der Waals surface area contributed by atoms with Crippen LogP contribution < -0.4 is 5.32 Å². The number of hydrogen-bond donors (Lipinski definition) is 1. The minimum absolute atomic E-state index is 0.0105. The van der Waals surface area contributed by atoms with Crippen molar-refractivity contribution >= 4 is 17.5 Å². The van der Waals surface area contributed by atoms with E-state index < -0.39 is 22.9 Å². The number of carbonyl (C=O) groups excluding carboxylic acids is 1. The molecule has 0 aliphatic heterocycles. The molecule has 19 heavy (non-hydrogen) atoms.